The molecule has 0 unspecified atom stereocenters. The standard InChI is InChI=1S/C19H15NO3S2/c20-25(21,22)15-9-7-13(8-10-15)19-16(18-6-3-11-24-18)12-14-4-1-2-5-17(14)23-19/h1-11H,12H2,(H2,20,21,22). The van der Waals surface area contributed by atoms with Crippen molar-refractivity contribution in [2.24, 2.45) is 5.14 Å². The van der Waals surface area contributed by atoms with Crippen molar-refractivity contribution in [3.8, 4) is 5.75 Å². The fourth-order valence-electron chi connectivity index (χ4n) is 2.87. The van der Waals surface area contributed by atoms with Crippen LogP contribution in [0.1, 0.15) is 16.0 Å². The van der Waals surface area contributed by atoms with Gasteiger partial charge in [0, 0.05) is 22.4 Å². The van der Waals surface area contributed by atoms with Gasteiger partial charge in [0.1, 0.15) is 11.5 Å². The Balaban J connectivity index is 1.84. The second-order valence-electron chi connectivity index (χ2n) is 5.74. The molecule has 3 aromatic rings. The minimum absolute atomic E-state index is 0.0886. The number of ether oxygens (including phenoxy) is 1. The molecule has 126 valence electrons. The number of primary sulfonamides is 1. The summed E-state index contributed by atoms with van der Waals surface area (Å²) >= 11 is 1.66. The van der Waals surface area contributed by atoms with Crippen LogP contribution in [0.4, 0.5) is 0 Å². The number of thiophene rings is 1. The summed E-state index contributed by atoms with van der Waals surface area (Å²) < 4.78 is 29.1. The number of rotatable bonds is 3. The number of hydrogen-bond acceptors (Lipinski definition) is 4. The summed E-state index contributed by atoms with van der Waals surface area (Å²) in [7, 11) is -3.71. The van der Waals surface area contributed by atoms with E-state index in [0.29, 0.717) is 0 Å². The van der Waals surface area contributed by atoms with Crippen molar-refractivity contribution in [1.82, 2.24) is 0 Å². The van der Waals surface area contributed by atoms with Gasteiger partial charge in [-0.1, -0.05) is 24.3 Å². The van der Waals surface area contributed by atoms with Crippen LogP contribution in [0.15, 0.2) is 70.9 Å². The third-order valence-electron chi connectivity index (χ3n) is 4.09. The summed E-state index contributed by atoms with van der Waals surface area (Å²) in [5.74, 6) is 1.58. The Kier molecular flexibility index (Phi) is 3.95. The van der Waals surface area contributed by atoms with Crippen LogP contribution >= 0.6 is 11.3 Å². The second kappa shape index (κ2) is 6.15. The van der Waals surface area contributed by atoms with E-state index in [-0.39, 0.29) is 4.90 Å². The van der Waals surface area contributed by atoms with E-state index in [0.717, 1.165) is 39.5 Å². The van der Waals surface area contributed by atoms with Gasteiger partial charge in [0.05, 0.1) is 4.90 Å². The van der Waals surface area contributed by atoms with Gasteiger partial charge in [-0.05, 0) is 47.3 Å². The highest BCUT2D eigenvalue weighted by atomic mass is 32.2. The number of allylic oxidation sites excluding steroid dienone is 1. The molecule has 4 nitrogen and oxygen atoms in total. The van der Waals surface area contributed by atoms with Crippen LogP contribution in [0.2, 0.25) is 0 Å². The Hall–Kier alpha value is -2.41. The lowest BCUT2D eigenvalue weighted by Gasteiger charge is -2.23. The Labute approximate surface area is 150 Å². The highest BCUT2D eigenvalue weighted by molar-refractivity contribution is 7.89. The summed E-state index contributed by atoms with van der Waals surface area (Å²) in [5.41, 5.74) is 3.05. The van der Waals surface area contributed by atoms with E-state index < -0.39 is 10.0 Å². The zero-order valence-electron chi connectivity index (χ0n) is 13.2. The van der Waals surface area contributed by atoms with Gasteiger partial charge in [-0.2, -0.15) is 0 Å². The number of fused-ring (bicyclic) bond motifs is 1. The molecule has 1 aliphatic heterocycles. The maximum absolute atomic E-state index is 11.5. The van der Waals surface area contributed by atoms with Crippen LogP contribution in [-0.4, -0.2) is 8.42 Å². The van der Waals surface area contributed by atoms with Crippen molar-refractivity contribution in [2.75, 3.05) is 0 Å². The lowest BCUT2D eigenvalue weighted by atomic mass is 9.96. The summed E-state index contributed by atoms with van der Waals surface area (Å²) in [5, 5.41) is 7.22. The number of nitrogens with two attached hydrogens (primary N) is 1. The average Bonchev–Trinajstić information content (AvgIpc) is 3.14. The molecule has 0 radical (unpaired) electrons. The monoisotopic (exact) mass is 369 g/mol. The predicted octanol–water partition coefficient (Wildman–Crippen LogP) is 3.90. The molecule has 0 atom stereocenters. The summed E-state index contributed by atoms with van der Waals surface area (Å²) in [4.78, 5) is 1.23. The van der Waals surface area contributed by atoms with Gasteiger partial charge in [0.25, 0.3) is 0 Å². The lowest BCUT2D eigenvalue weighted by Crippen LogP contribution is -2.12. The molecule has 2 N–H and O–H groups in total. The smallest absolute Gasteiger partial charge is 0.238 e. The van der Waals surface area contributed by atoms with Crippen LogP contribution in [0.5, 0.6) is 5.75 Å². The van der Waals surface area contributed by atoms with Crippen LogP contribution < -0.4 is 9.88 Å². The maximum Gasteiger partial charge on any atom is 0.238 e. The Morgan fingerprint density at radius 3 is 2.40 bits per heavy atom. The lowest BCUT2D eigenvalue weighted by molar-refractivity contribution is 0.502. The van der Waals surface area contributed by atoms with E-state index in [2.05, 4.69) is 12.1 Å². The molecule has 1 aliphatic rings. The van der Waals surface area contributed by atoms with Crippen molar-refractivity contribution >= 4 is 32.7 Å². The maximum atomic E-state index is 11.5. The van der Waals surface area contributed by atoms with E-state index in [1.807, 2.05) is 29.6 Å². The molecule has 2 heterocycles. The van der Waals surface area contributed by atoms with E-state index >= 15 is 0 Å². The summed E-state index contributed by atoms with van der Waals surface area (Å²) in [6.07, 6.45) is 0.767. The number of para-hydroxylation sites is 1. The molecule has 0 fully saturated rings. The first-order valence-corrected chi connectivity index (χ1v) is 10.1. The molecule has 25 heavy (non-hydrogen) atoms. The molecule has 0 saturated carbocycles. The van der Waals surface area contributed by atoms with Crippen LogP contribution in [0, 0.1) is 0 Å². The highest BCUT2D eigenvalue weighted by Crippen LogP contribution is 2.40. The summed E-state index contributed by atoms with van der Waals surface area (Å²) in [6.45, 7) is 0. The molecule has 6 heteroatoms. The first-order chi connectivity index (χ1) is 12.0. The molecular weight excluding hydrogens is 354 g/mol. The van der Waals surface area contributed by atoms with Gasteiger partial charge in [0.15, 0.2) is 0 Å². The Bertz CT molecular complexity index is 1050. The van der Waals surface area contributed by atoms with Crippen LogP contribution in [0.25, 0.3) is 11.3 Å². The average molecular weight is 369 g/mol. The van der Waals surface area contributed by atoms with Gasteiger partial charge in [-0.3, -0.25) is 0 Å². The molecule has 2 aromatic carbocycles. The molecule has 0 amide bonds. The van der Waals surface area contributed by atoms with E-state index in [4.69, 9.17) is 9.88 Å². The first kappa shape index (κ1) is 16.1. The molecule has 1 aromatic heterocycles. The third kappa shape index (κ3) is 3.11. The highest BCUT2D eigenvalue weighted by Gasteiger charge is 2.23. The van der Waals surface area contributed by atoms with Crippen molar-refractivity contribution in [3.63, 3.8) is 0 Å². The quantitative estimate of drug-likeness (QED) is 0.761. The SMILES string of the molecule is NS(=O)(=O)c1ccc(C2=C(c3cccs3)Cc3ccccc3O2)cc1. The van der Waals surface area contributed by atoms with Gasteiger partial charge < -0.3 is 4.74 Å². The van der Waals surface area contributed by atoms with Crippen molar-refractivity contribution < 1.29 is 13.2 Å². The number of benzene rings is 2. The topological polar surface area (TPSA) is 69.4 Å². The Morgan fingerprint density at radius 1 is 0.960 bits per heavy atom. The van der Waals surface area contributed by atoms with E-state index in [1.165, 1.54) is 12.1 Å². The van der Waals surface area contributed by atoms with Crippen molar-refractivity contribution in [3.05, 3.63) is 82.0 Å². The van der Waals surface area contributed by atoms with Gasteiger partial charge in [0.2, 0.25) is 10.0 Å². The van der Waals surface area contributed by atoms with Gasteiger partial charge >= 0.3 is 0 Å². The number of sulfonamides is 1. The molecule has 0 saturated heterocycles. The van der Waals surface area contributed by atoms with Gasteiger partial charge in [-0.25, -0.2) is 13.6 Å². The van der Waals surface area contributed by atoms with Crippen LogP contribution in [-0.2, 0) is 16.4 Å². The fourth-order valence-corrected chi connectivity index (χ4v) is 4.15. The van der Waals surface area contributed by atoms with E-state index in [1.54, 1.807) is 23.5 Å². The predicted molar refractivity (Wildman–Crippen MR) is 99.7 cm³/mol. The second-order valence-corrected chi connectivity index (χ2v) is 8.25. The van der Waals surface area contributed by atoms with Gasteiger partial charge in [-0.15, -0.1) is 11.3 Å². The van der Waals surface area contributed by atoms with Crippen molar-refractivity contribution in [1.29, 1.82) is 0 Å². The largest absolute Gasteiger partial charge is 0.456 e. The van der Waals surface area contributed by atoms with Crippen LogP contribution in [0.3, 0.4) is 0 Å². The third-order valence-corrected chi connectivity index (χ3v) is 5.95. The zero-order valence-corrected chi connectivity index (χ0v) is 14.8. The molecule has 4 rings (SSSR count). The normalized spacial score (nSPS) is 14.1. The minimum atomic E-state index is -3.71. The van der Waals surface area contributed by atoms with Crippen molar-refractivity contribution in [2.45, 2.75) is 11.3 Å². The zero-order chi connectivity index (χ0) is 17.4. The minimum Gasteiger partial charge on any atom is -0.456 e. The molecular formula is C19H15NO3S2. The Morgan fingerprint density at radius 2 is 1.72 bits per heavy atom. The van der Waals surface area contributed by atoms with E-state index in [9.17, 15) is 8.42 Å². The molecule has 0 spiro atoms. The molecule has 0 bridgehead atoms. The number of hydrogen-bond donors (Lipinski definition) is 1. The summed E-state index contributed by atoms with van der Waals surface area (Å²) in [6, 6.07) is 18.5. The first-order valence-electron chi connectivity index (χ1n) is 7.68. The molecule has 0 aliphatic carbocycles. The fraction of sp³-hybridized carbons (Fsp3) is 0.0526.